The van der Waals surface area contributed by atoms with Gasteiger partial charge in [0.2, 0.25) is 0 Å². The Balaban J connectivity index is 1.44. The van der Waals surface area contributed by atoms with Crippen LogP contribution >= 0.6 is 15.9 Å². The molecule has 136 valence electrons. The summed E-state index contributed by atoms with van der Waals surface area (Å²) >= 11 is 3.45. The van der Waals surface area contributed by atoms with Crippen LogP contribution in [-0.2, 0) is 6.42 Å². The lowest BCUT2D eigenvalue weighted by atomic mass is 10.1. The first kappa shape index (κ1) is 17.5. The number of aryl methyl sites for hydroxylation is 1. The van der Waals surface area contributed by atoms with Crippen LogP contribution in [0.15, 0.2) is 74.2 Å². The number of benzene rings is 2. The van der Waals surface area contributed by atoms with Crippen molar-refractivity contribution in [3.63, 3.8) is 0 Å². The summed E-state index contributed by atoms with van der Waals surface area (Å²) in [4.78, 5) is 0. The Kier molecular flexibility index (Phi) is 5.07. The van der Waals surface area contributed by atoms with Crippen molar-refractivity contribution in [3.8, 4) is 22.6 Å². The molecule has 5 nitrogen and oxygen atoms in total. The zero-order valence-corrected chi connectivity index (χ0v) is 16.4. The fraction of sp³-hybridized carbons (Fsp3) is 0.143. The van der Waals surface area contributed by atoms with Gasteiger partial charge in [-0.05, 0) is 31.2 Å². The number of nitrogens with zero attached hydrogens (tertiary/aromatic N) is 2. The van der Waals surface area contributed by atoms with E-state index in [1.54, 1.807) is 0 Å². The SMILES string of the molecule is Cc1noc(-c2ccc(Br)cc2)c1NCCc1cc(-c2ccccc2)no1. The standard InChI is InChI=1S/C21H18BrN3O2/c1-14-20(21(27-24-14)16-7-9-17(22)10-8-16)23-12-11-18-13-19(25-26-18)15-5-3-2-4-6-15/h2-10,13,23H,11-12H2,1H3. The van der Waals surface area contributed by atoms with E-state index in [-0.39, 0.29) is 0 Å². The Morgan fingerprint density at radius 1 is 0.926 bits per heavy atom. The van der Waals surface area contributed by atoms with Crippen molar-refractivity contribution < 1.29 is 9.05 Å². The van der Waals surface area contributed by atoms with E-state index in [9.17, 15) is 0 Å². The van der Waals surface area contributed by atoms with Gasteiger partial charge in [-0.3, -0.25) is 0 Å². The average molecular weight is 424 g/mol. The minimum Gasteiger partial charge on any atom is -0.380 e. The summed E-state index contributed by atoms with van der Waals surface area (Å²) in [5, 5.41) is 11.7. The van der Waals surface area contributed by atoms with Gasteiger partial charge in [0.15, 0.2) is 5.76 Å². The summed E-state index contributed by atoms with van der Waals surface area (Å²) in [6, 6.07) is 19.9. The number of nitrogens with one attached hydrogen (secondary N) is 1. The molecule has 0 aliphatic heterocycles. The topological polar surface area (TPSA) is 64.1 Å². The van der Waals surface area contributed by atoms with Crippen molar-refractivity contribution in [3.05, 3.63) is 76.6 Å². The Morgan fingerprint density at radius 3 is 2.48 bits per heavy atom. The van der Waals surface area contributed by atoms with Crippen molar-refractivity contribution in [2.24, 2.45) is 0 Å². The number of hydrogen-bond acceptors (Lipinski definition) is 5. The zero-order valence-electron chi connectivity index (χ0n) is 14.8. The van der Waals surface area contributed by atoms with Crippen LogP contribution in [0.25, 0.3) is 22.6 Å². The van der Waals surface area contributed by atoms with Gasteiger partial charge < -0.3 is 14.4 Å². The summed E-state index contributed by atoms with van der Waals surface area (Å²) in [5.74, 6) is 1.57. The molecule has 2 aromatic heterocycles. The molecule has 2 heterocycles. The first-order chi connectivity index (χ1) is 13.2. The van der Waals surface area contributed by atoms with Crippen LogP contribution in [0, 0.1) is 6.92 Å². The molecule has 0 fully saturated rings. The molecule has 2 aromatic carbocycles. The van der Waals surface area contributed by atoms with E-state index in [0.717, 1.165) is 44.2 Å². The van der Waals surface area contributed by atoms with E-state index in [1.807, 2.05) is 67.6 Å². The molecule has 27 heavy (non-hydrogen) atoms. The van der Waals surface area contributed by atoms with E-state index in [4.69, 9.17) is 9.05 Å². The van der Waals surface area contributed by atoms with Gasteiger partial charge in [0.1, 0.15) is 22.8 Å². The molecule has 0 aliphatic rings. The molecule has 4 aromatic rings. The van der Waals surface area contributed by atoms with Crippen molar-refractivity contribution in [1.29, 1.82) is 0 Å². The number of aromatic nitrogens is 2. The van der Waals surface area contributed by atoms with E-state index in [0.29, 0.717) is 13.0 Å². The molecule has 0 amide bonds. The van der Waals surface area contributed by atoms with Gasteiger partial charge in [-0.1, -0.05) is 56.6 Å². The maximum Gasteiger partial charge on any atom is 0.190 e. The van der Waals surface area contributed by atoms with Crippen LogP contribution in [0.3, 0.4) is 0 Å². The summed E-state index contributed by atoms with van der Waals surface area (Å²) in [7, 11) is 0. The lowest BCUT2D eigenvalue weighted by molar-refractivity contribution is 0.387. The first-order valence-corrected chi connectivity index (χ1v) is 9.47. The molecule has 0 aliphatic carbocycles. The van der Waals surface area contributed by atoms with Gasteiger partial charge in [-0.15, -0.1) is 0 Å². The minimum absolute atomic E-state index is 0.689. The number of rotatable bonds is 6. The van der Waals surface area contributed by atoms with Gasteiger partial charge in [0, 0.05) is 34.6 Å². The second kappa shape index (κ2) is 7.80. The number of hydrogen-bond donors (Lipinski definition) is 1. The fourth-order valence-electron chi connectivity index (χ4n) is 2.86. The van der Waals surface area contributed by atoms with Crippen LogP contribution in [0.4, 0.5) is 5.69 Å². The smallest absolute Gasteiger partial charge is 0.190 e. The maximum atomic E-state index is 5.52. The molecule has 0 bridgehead atoms. The third kappa shape index (κ3) is 3.95. The molecule has 0 atom stereocenters. The normalized spacial score (nSPS) is 10.9. The maximum absolute atomic E-state index is 5.52. The highest BCUT2D eigenvalue weighted by Gasteiger charge is 2.15. The zero-order chi connectivity index (χ0) is 18.6. The Morgan fingerprint density at radius 2 is 1.70 bits per heavy atom. The lowest BCUT2D eigenvalue weighted by Crippen LogP contribution is -2.05. The van der Waals surface area contributed by atoms with E-state index in [2.05, 4.69) is 31.6 Å². The van der Waals surface area contributed by atoms with Crippen LogP contribution in [0.2, 0.25) is 0 Å². The van der Waals surface area contributed by atoms with Gasteiger partial charge in [0.25, 0.3) is 0 Å². The Hall–Kier alpha value is -2.86. The molecule has 0 unspecified atom stereocenters. The van der Waals surface area contributed by atoms with Crippen LogP contribution < -0.4 is 5.32 Å². The minimum atomic E-state index is 0.689. The molecular formula is C21H18BrN3O2. The Bertz CT molecular complexity index is 1020. The van der Waals surface area contributed by atoms with Crippen LogP contribution in [0.5, 0.6) is 0 Å². The monoisotopic (exact) mass is 423 g/mol. The summed E-state index contributed by atoms with van der Waals surface area (Å²) in [6.07, 6.45) is 0.713. The largest absolute Gasteiger partial charge is 0.380 e. The van der Waals surface area contributed by atoms with Crippen molar-refractivity contribution >= 4 is 21.6 Å². The number of anilines is 1. The van der Waals surface area contributed by atoms with E-state index < -0.39 is 0 Å². The Labute approximate surface area is 165 Å². The van der Waals surface area contributed by atoms with Crippen LogP contribution in [0.1, 0.15) is 11.5 Å². The number of halogens is 1. The third-order valence-electron chi connectivity index (χ3n) is 4.27. The molecule has 0 spiro atoms. The van der Waals surface area contributed by atoms with Crippen LogP contribution in [-0.4, -0.2) is 16.9 Å². The highest BCUT2D eigenvalue weighted by molar-refractivity contribution is 9.10. The second-order valence-electron chi connectivity index (χ2n) is 6.20. The molecule has 1 N–H and O–H groups in total. The predicted molar refractivity (Wildman–Crippen MR) is 109 cm³/mol. The van der Waals surface area contributed by atoms with Gasteiger partial charge in [-0.25, -0.2) is 0 Å². The third-order valence-corrected chi connectivity index (χ3v) is 4.80. The molecule has 0 saturated heterocycles. The van der Waals surface area contributed by atoms with E-state index >= 15 is 0 Å². The molecular weight excluding hydrogens is 406 g/mol. The fourth-order valence-corrected chi connectivity index (χ4v) is 3.13. The van der Waals surface area contributed by atoms with Crippen molar-refractivity contribution in [1.82, 2.24) is 10.3 Å². The second-order valence-corrected chi connectivity index (χ2v) is 7.12. The summed E-state index contributed by atoms with van der Waals surface area (Å²) in [6.45, 7) is 2.62. The molecule has 0 saturated carbocycles. The highest BCUT2D eigenvalue weighted by Crippen LogP contribution is 2.31. The molecule has 6 heteroatoms. The van der Waals surface area contributed by atoms with Crippen molar-refractivity contribution in [2.75, 3.05) is 11.9 Å². The van der Waals surface area contributed by atoms with Gasteiger partial charge in [-0.2, -0.15) is 0 Å². The summed E-state index contributed by atoms with van der Waals surface area (Å²) < 4.78 is 12.0. The van der Waals surface area contributed by atoms with Gasteiger partial charge in [0.05, 0.1) is 0 Å². The average Bonchev–Trinajstić information content (AvgIpc) is 3.31. The van der Waals surface area contributed by atoms with Gasteiger partial charge >= 0.3 is 0 Å². The summed E-state index contributed by atoms with van der Waals surface area (Å²) in [5.41, 5.74) is 4.61. The highest BCUT2D eigenvalue weighted by atomic mass is 79.9. The molecule has 0 radical (unpaired) electrons. The molecule has 4 rings (SSSR count). The van der Waals surface area contributed by atoms with Crippen molar-refractivity contribution in [2.45, 2.75) is 13.3 Å². The van der Waals surface area contributed by atoms with E-state index in [1.165, 1.54) is 0 Å². The lowest BCUT2D eigenvalue weighted by Gasteiger charge is -2.05. The first-order valence-electron chi connectivity index (χ1n) is 8.68. The predicted octanol–water partition coefficient (Wildman–Crippen LogP) is 5.72. The quantitative estimate of drug-likeness (QED) is 0.429.